The predicted molar refractivity (Wildman–Crippen MR) is 59.8 cm³/mol. The van der Waals surface area contributed by atoms with Gasteiger partial charge < -0.3 is 5.11 Å². The Morgan fingerprint density at radius 1 is 1.47 bits per heavy atom. The number of nitrogens with zero attached hydrogens (tertiary/aromatic N) is 3. The Bertz CT molecular complexity index is 647. The van der Waals surface area contributed by atoms with Crippen molar-refractivity contribution in [3.63, 3.8) is 0 Å². The lowest BCUT2D eigenvalue weighted by molar-refractivity contribution is -0.117. The van der Waals surface area contributed by atoms with Gasteiger partial charge in [-0.3, -0.25) is 14.7 Å². The number of hydrogen-bond acceptors (Lipinski definition) is 6. The molecule has 1 N–H and O–H groups in total. The third-order valence-electron chi connectivity index (χ3n) is 2.61. The average Bonchev–Trinajstić information content (AvgIpc) is 2.71. The van der Waals surface area contributed by atoms with Crippen LogP contribution in [0.3, 0.4) is 0 Å². The summed E-state index contributed by atoms with van der Waals surface area (Å²) in [6, 6.07) is 0. The van der Waals surface area contributed by atoms with Crippen LogP contribution >= 0.6 is 0 Å². The molecule has 1 saturated heterocycles. The van der Waals surface area contributed by atoms with Gasteiger partial charge in [0.15, 0.2) is 11.5 Å². The van der Waals surface area contributed by atoms with E-state index < -0.39 is 46.0 Å². The van der Waals surface area contributed by atoms with E-state index in [1.165, 1.54) is 0 Å². The highest BCUT2D eigenvalue weighted by Crippen LogP contribution is 2.24. The van der Waals surface area contributed by atoms with Crippen LogP contribution in [0.15, 0.2) is 12.4 Å². The van der Waals surface area contributed by atoms with Crippen molar-refractivity contribution in [3.8, 4) is 0 Å². The van der Waals surface area contributed by atoms with E-state index in [0.29, 0.717) is 0 Å². The van der Waals surface area contributed by atoms with Crippen molar-refractivity contribution in [2.24, 2.45) is 0 Å². The summed E-state index contributed by atoms with van der Waals surface area (Å²) in [5.41, 5.74) is -0.392. The summed E-state index contributed by atoms with van der Waals surface area (Å²) in [7, 11) is -4.83. The summed E-state index contributed by atoms with van der Waals surface area (Å²) in [4.78, 5) is 30.4. The van der Waals surface area contributed by atoms with Crippen molar-refractivity contribution in [2.75, 3.05) is 11.4 Å². The van der Waals surface area contributed by atoms with Gasteiger partial charge in [0.2, 0.25) is 5.91 Å². The van der Waals surface area contributed by atoms with Gasteiger partial charge in [0.25, 0.3) is 0 Å². The van der Waals surface area contributed by atoms with Gasteiger partial charge in [0.1, 0.15) is 5.25 Å². The number of amides is 1. The Hall–Kier alpha value is -2.10. The van der Waals surface area contributed by atoms with Crippen molar-refractivity contribution in [1.29, 1.82) is 0 Å². The molecule has 0 aromatic carbocycles. The molecule has 1 aromatic heterocycles. The lowest BCUT2D eigenvalue weighted by atomic mass is 10.4. The van der Waals surface area contributed by atoms with Crippen LogP contribution in [0.1, 0.15) is 16.9 Å². The molecule has 8 nitrogen and oxygen atoms in total. The van der Waals surface area contributed by atoms with E-state index in [4.69, 9.17) is 5.11 Å². The monoisotopic (exact) mass is 289 g/mol. The van der Waals surface area contributed by atoms with Crippen LogP contribution in [-0.2, 0) is 15.0 Å². The van der Waals surface area contributed by atoms with Crippen molar-refractivity contribution >= 4 is 27.9 Å². The highest BCUT2D eigenvalue weighted by atomic mass is 32.3. The Kier molecular flexibility index (Phi) is 3.18. The molecule has 0 spiro atoms. The molecule has 1 aliphatic rings. The van der Waals surface area contributed by atoms with Crippen LogP contribution in [0.25, 0.3) is 0 Å². The summed E-state index contributed by atoms with van der Waals surface area (Å²) in [6.45, 7) is -0.407. The van der Waals surface area contributed by atoms with E-state index in [1.54, 1.807) is 0 Å². The molecule has 1 aromatic rings. The molecule has 1 aliphatic heterocycles. The van der Waals surface area contributed by atoms with Crippen LogP contribution in [0, 0.1) is 0 Å². The van der Waals surface area contributed by atoms with E-state index in [9.17, 15) is 21.9 Å². The lowest BCUT2D eigenvalue weighted by Crippen LogP contribution is -2.28. The smallest absolute Gasteiger partial charge is 0.356 e. The predicted octanol–water partition coefficient (Wildman–Crippen LogP) is -0.421. The molecule has 0 saturated carbocycles. The minimum absolute atomic E-state index is 0.115. The fraction of sp³-hybridized carbons (Fsp3) is 0.333. The average molecular weight is 289 g/mol. The first-order valence-electron chi connectivity index (χ1n) is 5.08. The standard InChI is InChI=1S/C9H8FN3O5S/c10-19(17,18)5-1-8(14)13(4-5)7-3-11-2-6(12-7)9(15)16/h2-3,5H,1,4H2,(H,15,16). The first-order valence-corrected chi connectivity index (χ1v) is 6.53. The summed E-state index contributed by atoms with van der Waals surface area (Å²) < 4.78 is 34.3. The third kappa shape index (κ3) is 2.67. The third-order valence-corrected chi connectivity index (χ3v) is 3.72. The molecule has 0 aliphatic carbocycles. The van der Waals surface area contributed by atoms with Gasteiger partial charge in [-0.25, -0.2) is 9.78 Å². The van der Waals surface area contributed by atoms with Crippen molar-refractivity contribution in [3.05, 3.63) is 18.1 Å². The van der Waals surface area contributed by atoms with E-state index in [-0.39, 0.29) is 5.82 Å². The molecule has 0 bridgehead atoms. The topological polar surface area (TPSA) is 118 Å². The molecule has 1 atom stereocenters. The number of hydrogen-bond donors (Lipinski definition) is 1. The maximum absolute atomic E-state index is 12.8. The van der Waals surface area contributed by atoms with Gasteiger partial charge in [-0.05, 0) is 0 Å². The van der Waals surface area contributed by atoms with Gasteiger partial charge in [-0.1, -0.05) is 0 Å². The number of anilines is 1. The number of carbonyl (C=O) groups is 2. The number of aromatic carboxylic acids is 1. The number of carboxylic acid groups (broad SMARTS) is 1. The first kappa shape index (κ1) is 13.3. The van der Waals surface area contributed by atoms with E-state index in [0.717, 1.165) is 17.3 Å². The highest BCUT2D eigenvalue weighted by Gasteiger charge is 2.39. The number of aromatic nitrogens is 2. The Labute approximate surface area is 107 Å². The molecule has 1 amide bonds. The largest absolute Gasteiger partial charge is 0.476 e. The first-order chi connectivity index (χ1) is 8.79. The lowest BCUT2D eigenvalue weighted by Gasteiger charge is -2.14. The highest BCUT2D eigenvalue weighted by molar-refractivity contribution is 7.87. The molecule has 1 unspecified atom stereocenters. The maximum Gasteiger partial charge on any atom is 0.356 e. The zero-order valence-corrected chi connectivity index (χ0v) is 10.2. The minimum atomic E-state index is -4.83. The molecular weight excluding hydrogens is 281 g/mol. The number of halogens is 1. The van der Waals surface area contributed by atoms with E-state index in [1.807, 2.05) is 0 Å². The molecular formula is C9H8FN3O5S. The van der Waals surface area contributed by atoms with E-state index >= 15 is 0 Å². The Balaban J connectivity index is 2.31. The number of carboxylic acids is 1. The molecule has 2 rings (SSSR count). The fourth-order valence-corrected chi connectivity index (χ4v) is 2.34. The van der Waals surface area contributed by atoms with Crippen LogP contribution in [0.2, 0.25) is 0 Å². The summed E-state index contributed by atoms with van der Waals surface area (Å²) in [5, 5.41) is 7.27. The van der Waals surface area contributed by atoms with Gasteiger partial charge >= 0.3 is 16.2 Å². The Morgan fingerprint density at radius 2 is 2.16 bits per heavy atom. The number of carbonyl (C=O) groups excluding carboxylic acids is 1. The SMILES string of the molecule is O=C(O)c1cncc(N2CC(S(=O)(=O)F)CC2=O)n1. The summed E-state index contributed by atoms with van der Waals surface area (Å²) >= 11 is 0. The van der Waals surface area contributed by atoms with Gasteiger partial charge in [0, 0.05) is 13.0 Å². The van der Waals surface area contributed by atoms with Gasteiger partial charge in [0.05, 0.1) is 12.4 Å². The number of rotatable bonds is 3. The van der Waals surface area contributed by atoms with Crippen LogP contribution in [0.4, 0.5) is 9.70 Å². The summed E-state index contributed by atoms with van der Waals surface area (Å²) in [5.74, 6) is -2.10. The second kappa shape index (κ2) is 4.53. The second-order valence-electron chi connectivity index (χ2n) is 3.87. The molecule has 19 heavy (non-hydrogen) atoms. The minimum Gasteiger partial charge on any atom is -0.476 e. The fourth-order valence-electron chi connectivity index (χ4n) is 1.67. The quantitative estimate of drug-likeness (QED) is 0.751. The van der Waals surface area contributed by atoms with Crippen molar-refractivity contribution < 1.29 is 27.0 Å². The zero-order chi connectivity index (χ0) is 14.2. The molecule has 10 heteroatoms. The van der Waals surface area contributed by atoms with Crippen LogP contribution in [0.5, 0.6) is 0 Å². The molecule has 1 fully saturated rings. The normalized spacial score (nSPS) is 19.7. The second-order valence-corrected chi connectivity index (χ2v) is 5.49. The van der Waals surface area contributed by atoms with Crippen molar-refractivity contribution in [1.82, 2.24) is 9.97 Å². The summed E-state index contributed by atoms with van der Waals surface area (Å²) in [6.07, 6.45) is 1.59. The Morgan fingerprint density at radius 3 is 2.68 bits per heavy atom. The van der Waals surface area contributed by atoms with E-state index in [2.05, 4.69) is 9.97 Å². The van der Waals surface area contributed by atoms with Gasteiger partial charge in [-0.15, -0.1) is 3.89 Å². The van der Waals surface area contributed by atoms with Crippen LogP contribution < -0.4 is 4.90 Å². The van der Waals surface area contributed by atoms with Crippen LogP contribution in [-0.4, -0.2) is 47.2 Å². The molecule has 0 radical (unpaired) electrons. The molecule has 102 valence electrons. The zero-order valence-electron chi connectivity index (χ0n) is 9.35. The molecule has 2 heterocycles. The van der Waals surface area contributed by atoms with Crippen molar-refractivity contribution in [2.45, 2.75) is 11.7 Å². The van der Waals surface area contributed by atoms with Gasteiger partial charge in [-0.2, -0.15) is 8.42 Å². The maximum atomic E-state index is 12.8.